The van der Waals surface area contributed by atoms with E-state index in [1.807, 2.05) is 0 Å². The molecule has 0 saturated carbocycles. The summed E-state index contributed by atoms with van der Waals surface area (Å²) in [7, 11) is 1.42. The van der Waals surface area contributed by atoms with Crippen LogP contribution in [-0.4, -0.2) is 43.6 Å². The van der Waals surface area contributed by atoms with Gasteiger partial charge in [-0.2, -0.15) is 13.2 Å². The molecule has 0 spiro atoms. The topological polar surface area (TPSA) is 61.9 Å². The van der Waals surface area contributed by atoms with Crippen LogP contribution in [0, 0.1) is 0 Å². The Morgan fingerprint density at radius 2 is 1.90 bits per heavy atom. The number of nitrogens with zero attached hydrogens (tertiary/aromatic N) is 2. The molecule has 1 aliphatic rings. The van der Waals surface area contributed by atoms with E-state index in [9.17, 15) is 22.8 Å². The maximum absolute atomic E-state index is 13.0. The summed E-state index contributed by atoms with van der Waals surface area (Å²) in [5.74, 6) is -0.314. The molecule has 0 atom stereocenters. The Balaban J connectivity index is 1.74. The van der Waals surface area contributed by atoms with Crippen LogP contribution in [0.15, 0.2) is 48.5 Å². The summed E-state index contributed by atoms with van der Waals surface area (Å²) in [6.45, 7) is 0.935. The molecule has 0 radical (unpaired) electrons. The third kappa shape index (κ3) is 5.29. The van der Waals surface area contributed by atoms with Gasteiger partial charge in [-0.15, -0.1) is 0 Å². The third-order valence-corrected chi connectivity index (χ3v) is 4.66. The standard InChI is InChI=1S/C21H22F3N3O3/c1-30-14-19(28)25-17-7-3-8-18(12-17)27-10-4-9-26(20(27)29)13-15-5-2-6-16(11-15)21(22,23)24/h2-3,5-8,11-12H,4,9-10,13-14H2,1H3,(H,25,28). The summed E-state index contributed by atoms with van der Waals surface area (Å²) in [6, 6.07) is 11.6. The van der Waals surface area contributed by atoms with Crippen LogP contribution in [0.5, 0.6) is 0 Å². The lowest BCUT2D eigenvalue weighted by atomic mass is 10.1. The largest absolute Gasteiger partial charge is 0.416 e. The van der Waals surface area contributed by atoms with Crippen LogP contribution in [0.2, 0.25) is 0 Å². The van der Waals surface area contributed by atoms with Crippen LogP contribution >= 0.6 is 0 Å². The molecule has 1 fully saturated rings. The number of amides is 3. The molecule has 0 aromatic heterocycles. The van der Waals surface area contributed by atoms with Gasteiger partial charge in [-0.25, -0.2) is 4.79 Å². The first kappa shape index (κ1) is 21.6. The molecule has 1 N–H and O–H groups in total. The number of methoxy groups -OCH3 is 1. The fourth-order valence-electron chi connectivity index (χ4n) is 3.31. The molecule has 6 nitrogen and oxygen atoms in total. The maximum Gasteiger partial charge on any atom is 0.416 e. The molecular weight excluding hydrogens is 399 g/mol. The van der Waals surface area contributed by atoms with Crippen molar-refractivity contribution in [1.82, 2.24) is 4.90 Å². The second-order valence-electron chi connectivity index (χ2n) is 6.94. The highest BCUT2D eigenvalue weighted by Crippen LogP contribution is 2.30. The fraction of sp³-hybridized carbons (Fsp3) is 0.333. The van der Waals surface area contributed by atoms with E-state index in [-0.39, 0.29) is 25.1 Å². The number of carbonyl (C=O) groups excluding carboxylic acids is 2. The lowest BCUT2D eigenvalue weighted by Gasteiger charge is -2.36. The molecular formula is C21H22F3N3O3. The minimum absolute atomic E-state index is 0.0857. The molecule has 3 rings (SSSR count). The molecule has 160 valence electrons. The van der Waals surface area contributed by atoms with Crippen LogP contribution < -0.4 is 10.2 Å². The molecule has 9 heteroatoms. The average Bonchev–Trinajstić information content (AvgIpc) is 2.69. The van der Waals surface area contributed by atoms with Crippen molar-refractivity contribution < 1.29 is 27.5 Å². The summed E-state index contributed by atoms with van der Waals surface area (Å²) in [5.41, 5.74) is 0.808. The van der Waals surface area contributed by atoms with Gasteiger partial charge in [0.1, 0.15) is 6.61 Å². The van der Waals surface area contributed by atoms with Crippen LogP contribution in [0.3, 0.4) is 0 Å². The number of ether oxygens (including phenoxy) is 1. The SMILES string of the molecule is COCC(=O)Nc1cccc(N2CCCN(Cc3cccc(C(F)(F)F)c3)C2=O)c1. The van der Waals surface area contributed by atoms with E-state index in [1.54, 1.807) is 35.2 Å². The monoisotopic (exact) mass is 421 g/mol. The number of alkyl halides is 3. The van der Waals surface area contributed by atoms with E-state index in [0.29, 0.717) is 36.4 Å². The Morgan fingerprint density at radius 1 is 1.13 bits per heavy atom. The molecule has 0 unspecified atom stereocenters. The zero-order valence-electron chi connectivity index (χ0n) is 16.4. The van der Waals surface area contributed by atoms with Crippen molar-refractivity contribution in [3.63, 3.8) is 0 Å². The highest BCUT2D eigenvalue weighted by molar-refractivity contribution is 5.95. The van der Waals surface area contributed by atoms with Crippen molar-refractivity contribution in [2.24, 2.45) is 0 Å². The summed E-state index contributed by atoms with van der Waals surface area (Å²) < 4.78 is 43.7. The molecule has 2 aromatic carbocycles. The van der Waals surface area contributed by atoms with E-state index in [0.717, 1.165) is 12.1 Å². The minimum Gasteiger partial charge on any atom is -0.375 e. The van der Waals surface area contributed by atoms with Crippen LogP contribution in [0.25, 0.3) is 0 Å². The zero-order chi connectivity index (χ0) is 21.7. The number of halogens is 3. The zero-order valence-corrected chi connectivity index (χ0v) is 16.4. The van der Waals surface area contributed by atoms with Crippen molar-refractivity contribution >= 4 is 23.3 Å². The molecule has 1 saturated heterocycles. The van der Waals surface area contributed by atoms with Gasteiger partial charge in [0.05, 0.1) is 5.56 Å². The van der Waals surface area contributed by atoms with Gasteiger partial charge in [0, 0.05) is 38.1 Å². The number of rotatable bonds is 6. The number of urea groups is 1. The summed E-state index contributed by atoms with van der Waals surface area (Å²) in [5, 5.41) is 2.69. The smallest absolute Gasteiger partial charge is 0.375 e. The van der Waals surface area contributed by atoms with E-state index in [1.165, 1.54) is 18.1 Å². The lowest BCUT2D eigenvalue weighted by Crippen LogP contribution is -2.49. The van der Waals surface area contributed by atoms with Crippen LogP contribution in [0.4, 0.5) is 29.3 Å². The van der Waals surface area contributed by atoms with Gasteiger partial charge in [0.25, 0.3) is 0 Å². The van der Waals surface area contributed by atoms with Crippen molar-refractivity contribution in [3.05, 3.63) is 59.7 Å². The molecule has 1 heterocycles. The highest BCUT2D eigenvalue weighted by Gasteiger charge is 2.31. The summed E-state index contributed by atoms with van der Waals surface area (Å²) in [4.78, 5) is 27.8. The van der Waals surface area contributed by atoms with Gasteiger partial charge < -0.3 is 15.0 Å². The number of anilines is 2. The Kier molecular flexibility index (Phi) is 6.61. The first-order chi connectivity index (χ1) is 14.3. The van der Waals surface area contributed by atoms with Crippen molar-refractivity contribution in [2.75, 3.05) is 37.0 Å². The van der Waals surface area contributed by atoms with E-state index in [4.69, 9.17) is 4.74 Å². The lowest BCUT2D eigenvalue weighted by molar-refractivity contribution is -0.137. The Hall–Kier alpha value is -3.07. The number of hydrogen-bond acceptors (Lipinski definition) is 3. The quantitative estimate of drug-likeness (QED) is 0.763. The Bertz CT molecular complexity index is 918. The first-order valence-electron chi connectivity index (χ1n) is 9.39. The fourth-order valence-corrected chi connectivity index (χ4v) is 3.31. The number of benzene rings is 2. The minimum atomic E-state index is -4.43. The van der Waals surface area contributed by atoms with Crippen molar-refractivity contribution in [3.8, 4) is 0 Å². The number of carbonyl (C=O) groups is 2. The summed E-state index contributed by atoms with van der Waals surface area (Å²) >= 11 is 0. The maximum atomic E-state index is 13.0. The molecule has 30 heavy (non-hydrogen) atoms. The van der Waals surface area contributed by atoms with Crippen LogP contribution in [-0.2, 0) is 22.3 Å². The predicted molar refractivity (Wildman–Crippen MR) is 106 cm³/mol. The normalized spacial score (nSPS) is 14.7. The van der Waals surface area contributed by atoms with E-state index >= 15 is 0 Å². The van der Waals surface area contributed by atoms with Crippen molar-refractivity contribution in [1.29, 1.82) is 0 Å². The first-order valence-corrected chi connectivity index (χ1v) is 9.39. The number of hydrogen-bond donors (Lipinski definition) is 1. The van der Waals surface area contributed by atoms with Gasteiger partial charge in [-0.3, -0.25) is 9.69 Å². The average molecular weight is 421 g/mol. The molecule has 3 amide bonds. The Labute approximate surface area is 172 Å². The number of nitrogens with one attached hydrogen (secondary N) is 1. The highest BCUT2D eigenvalue weighted by atomic mass is 19.4. The molecule has 2 aromatic rings. The van der Waals surface area contributed by atoms with Crippen molar-refractivity contribution in [2.45, 2.75) is 19.1 Å². The molecule has 0 aliphatic carbocycles. The Morgan fingerprint density at radius 3 is 2.63 bits per heavy atom. The van der Waals surface area contributed by atoms with Gasteiger partial charge in [-0.1, -0.05) is 18.2 Å². The van der Waals surface area contributed by atoms with Crippen LogP contribution in [0.1, 0.15) is 17.5 Å². The predicted octanol–water partition coefficient (Wildman–Crippen LogP) is 4.12. The van der Waals surface area contributed by atoms with Gasteiger partial charge in [0.15, 0.2) is 0 Å². The van der Waals surface area contributed by atoms with Gasteiger partial charge in [-0.05, 0) is 42.3 Å². The third-order valence-electron chi connectivity index (χ3n) is 4.66. The second kappa shape index (κ2) is 9.17. The second-order valence-corrected chi connectivity index (χ2v) is 6.94. The molecule has 0 bridgehead atoms. The molecule has 1 aliphatic heterocycles. The van der Waals surface area contributed by atoms with E-state index in [2.05, 4.69) is 5.32 Å². The van der Waals surface area contributed by atoms with Gasteiger partial charge in [0.2, 0.25) is 5.91 Å². The van der Waals surface area contributed by atoms with E-state index < -0.39 is 11.7 Å². The summed E-state index contributed by atoms with van der Waals surface area (Å²) in [6.07, 6.45) is -3.76. The van der Waals surface area contributed by atoms with Gasteiger partial charge >= 0.3 is 12.2 Å².